The molecule has 0 bridgehead atoms. The van der Waals surface area contributed by atoms with Crippen LogP contribution in [0.4, 0.5) is 5.69 Å². The van der Waals surface area contributed by atoms with E-state index in [-0.39, 0.29) is 11.7 Å². The third-order valence-electron chi connectivity index (χ3n) is 3.28. The van der Waals surface area contributed by atoms with Crippen molar-refractivity contribution in [3.63, 3.8) is 0 Å². The van der Waals surface area contributed by atoms with Crippen LogP contribution in [0.2, 0.25) is 0 Å². The van der Waals surface area contributed by atoms with Crippen LogP contribution in [0.25, 0.3) is 0 Å². The minimum absolute atomic E-state index is 0.125. The van der Waals surface area contributed by atoms with E-state index in [1.807, 2.05) is 32.0 Å². The van der Waals surface area contributed by atoms with E-state index in [2.05, 4.69) is 21.4 Å². The summed E-state index contributed by atoms with van der Waals surface area (Å²) in [6, 6.07) is 7.98. The lowest BCUT2D eigenvalue weighted by Crippen LogP contribution is -2.15. The third kappa shape index (κ3) is 4.30. The number of hydrogen-bond acceptors (Lipinski definition) is 5. The van der Waals surface area contributed by atoms with Gasteiger partial charge in [-0.1, -0.05) is 29.5 Å². The average Bonchev–Trinajstić information content (AvgIpc) is 2.47. The van der Waals surface area contributed by atoms with Crippen LogP contribution in [0.5, 0.6) is 0 Å². The lowest BCUT2D eigenvalue weighted by Gasteiger charge is -2.10. The lowest BCUT2D eigenvalue weighted by atomic mass is 10.1. The van der Waals surface area contributed by atoms with Crippen LogP contribution >= 0.6 is 11.8 Å². The van der Waals surface area contributed by atoms with E-state index < -0.39 is 0 Å². The third-order valence-corrected chi connectivity index (χ3v) is 4.25. The molecule has 5 nitrogen and oxygen atoms in total. The van der Waals surface area contributed by atoms with Gasteiger partial charge in [-0.25, -0.2) is 9.97 Å². The number of aromatic nitrogens is 2. The molecule has 0 aliphatic heterocycles. The molecule has 1 amide bonds. The molecule has 2 rings (SSSR count). The molecule has 0 radical (unpaired) electrons. The second kappa shape index (κ2) is 7.25. The number of aryl methyl sites for hydroxylation is 4. The highest BCUT2D eigenvalue weighted by atomic mass is 32.2. The molecule has 0 aliphatic rings. The van der Waals surface area contributed by atoms with Gasteiger partial charge in [-0.15, -0.1) is 0 Å². The monoisotopic (exact) mass is 326 g/mol. The van der Waals surface area contributed by atoms with Gasteiger partial charge in [0.05, 0.1) is 11.4 Å². The first-order valence-electron chi connectivity index (χ1n) is 7.16. The number of amides is 1. The van der Waals surface area contributed by atoms with Crippen molar-refractivity contribution in [2.24, 2.45) is 0 Å². The van der Waals surface area contributed by atoms with E-state index in [0.29, 0.717) is 22.1 Å². The van der Waals surface area contributed by atoms with Crippen LogP contribution in [-0.4, -0.2) is 21.6 Å². The second-order valence-corrected chi connectivity index (χ2v) is 6.27. The number of nitrogens with one attached hydrogen (secondary N) is 1. The Kier molecular flexibility index (Phi) is 5.35. The first-order chi connectivity index (χ1) is 10.9. The zero-order valence-corrected chi connectivity index (χ0v) is 14.4. The average molecular weight is 326 g/mol. The van der Waals surface area contributed by atoms with Gasteiger partial charge in [0.15, 0.2) is 0 Å². The van der Waals surface area contributed by atoms with Crippen molar-refractivity contribution < 1.29 is 4.79 Å². The maximum Gasteiger partial charge on any atom is 0.234 e. The van der Waals surface area contributed by atoms with E-state index in [9.17, 15) is 10.1 Å². The van der Waals surface area contributed by atoms with Crippen molar-refractivity contribution in [2.75, 3.05) is 11.1 Å². The zero-order valence-electron chi connectivity index (χ0n) is 13.6. The van der Waals surface area contributed by atoms with E-state index in [4.69, 9.17) is 0 Å². The molecule has 0 aliphatic carbocycles. The minimum Gasteiger partial charge on any atom is -0.325 e. The van der Waals surface area contributed by atoms with Crippen LogP contribution in [0.3, 0.4) is 0 Å². The highest BCUT2D eigenvalue weighted by Gasteiger charge is 2.13. The standard InChI is InChI=1S/C17H18N4OS/c1-10-5-6-15(11(2)7-10)21-16(22)9-23-17-14(8-18)12(3)19-13(4)20-17/h5-7H,9H2,1-4H3,(H,21,22). The molecule has 1 aromatic heterocycles. The van der Waals surface area contributed by atoms with Gasteiger partial charge in [0.25, 0.3) is 0 Å². The molecule has 0 saturated carbocycles. The highest BCUT2D eigenvalue weighted by molar-refractivity contribution is 8.00. The lowest BCUT2D eigenvalue weighted by molar-refractivity contribution is -0.113. The molecular formula is C17H18N4OS. The smallest absolute Gasteiger partial charge is 0.234 e. The molecule has 0 spiro atoms. The van der Waals surface area contributed by atoms with Crippen molar-refractivity contribution in [1.29, 1.82) is 5.26 Å². The summed E-state index contributed by atoms with van der Waals surface area (Å²) < 4.78 is 0. The predicted octanol–water partition coefficient (Wildman–Crippen LogP) is 3.31. The SMILES string of the molecule is Cc1ccc(NC(=O)CSc2nc(C)nc(C)c2C#N)c(C)c1. The molecule has 2 aromatic rings. The van der Waals surface area contributed by atoms with Crippen molar-refractivity contribution in [3.8, 4) is 6.07 Å². The van der Waals surface area contributed by atoms with E-state index in [1.54, 1.807) is 13.8 Å². The quantitative estimate of drug-likeness (QED) is 0.689. The Morgan fingerprint density at radius 3 is 2.65 bits per heavy atom. The van der Waals surface area contributed by atoms with E-state index in [0.717, 1.165) is 16.8 Å². The topological polar surface area (TPSA) is 78.7 Å². The summed E-state index contributed by atoms with van der Waals surface area (Å²) in [4.78, 5) is 20.6. The number of anilines is 1. The van der Waals surface area contributed by atoms with Crippen molar-refractivity contribution in [1.82, 2.24) is 9.97 Å². The fourth-order valence-electron chi connectivity index (χ4n) is 2.19. The number of nitrogens with zero attached hydrogens (tertiary/aromatic N) is 3. The fraction of sp³-hybridized carbons (Fsp3) is 0.294. The molecule has 1 heterocycles. The summed E-state index contributed by atoms with van der Waals surface area (Å²) in [5, 5.41) is 12.6. The summed E-state index contributed by atoms with van der Waals surface area (Å²) in [5.41, 5.74) is 4.05. The first-order valence-corrected chi connectivity index (χ1v) is 8.14. The van der Waals surface area contributed by atoms with Crippen LogP contribution in [0, 0.1) is 39.0 Å². The number of nitriles is 1. The van der Waals surface area contributed by atoms with Crippen molar-refractivity contribution >= 4 is 23.4 Å². The van der Waals surface area contributed by atoms with Crippen molar-refractivity contribution in [3.05, 3.63) is 46.4 Å². The van der Waals surface area contributed by atoms with Gasteiger partial charge in [-0.2, -0.15) is 5.26 Å². The van der Waals surface area contributed by atoms with Gasteiger partial charge in [0, 0.05) is 5.69 Å². The number of carbonyl (C=O) groups excluding carboxylic acids is 1. The molecule has 0 saturated heterocycles. The Labute approximate surface area is 140 Å². The van der Waals surface area contributed by atoms with Crippen LogP contribution in [0.15, 0.2) is 23.2 Å². The molecule has 0 fully saturated rings. The van der Waals surface area contributed by atoms with Gasteiger partial charge in [0.2, 0.25) is 5.91 Å². The van der Waals surface area contributed by atoms with Gasteiger partial charge < -0.3 is 5.32 Å². The molecule has 118 valence electrons. The van der Waals surface area contributed by atoms with Gasteiger partial charge in [0.1, 0.15) is 22.5 Å². The maximum atomic E-state index is 12.1. The maximum absolute atomic E-state index is 12.1. The summed E-state index contributed by atoms with van der Waals surface area (Å²) in [6.45, 7) is 7.51. The summed E-state index contributed by atoms with van der Waals surface area (Å²) >= 11 is 1.25. The second-order valence-electron chi connectivity index (χ2n) is 5.30. The molecule has 23 heavy (non-hydrogen) atoms. The Morgan fingerprint density at radius 1 is 1.26 bits per heavy atom. The number of carbonyl (C=O) groups is 1. The Balaban J connectivity index is 2.07. The number of thioether (sulfide) groups is 1. The van der Waals surface area contributed by atoms with Crippen LogP contribution in [0.1, 0.15) is 28.2 Å². The Morgan fingerprint density at radius 2 is 2.00 bits per heavy atom. The van der Waals surface area contributed by atoms with Crippen LogP contribution < -0.4 is 5.32 Å². The van der Waals surface area contributed by atoms with Gasteiger partial charge in [-0.3, -0.25) is 4.79 Å². The van der Waals surface area contributed by atoms with Crippen molar-refractivity contribution in [2.45, 2.75) is 32.7 Å². The number of rotatable bonds is 4. The summed E-state index contributed by atoms with van der Waals surface area (Å²) in [5.74, 6) is 0.663. The molecule has 6 heteroatoms. The molecule has 1 aromatic carbocycles. The predicted molar refractivity (Wildman–Crippen MR) is 91.5 cm³/mol. The van der Waals surface area contributed by atoms with Gasteiger partial charge >= 0.3 is 0 Å². The van der Waals surface area contributed by atoms with E-state index in [1.165, 1.54) is 11.8 Å². The Hall–Kier alpha value is -2.39. The van der Waals surface area contributed by atoms with E-state index >= 15 is 0 Å². The molecular weight excluding hydrogens is 308 g/mol. The largest absolute Gasteiger partial charge is 0.325 e. The van der Waals surface area contributed by atoms with Gasteiger partial charge in [-0.05, 0) is 39.3 Å². The normalized spacial score (nSPS) is 10.2. The number of benzene rings is 1. The minimum atomic E-state index is -0.125. The fourth-order valence-corrected chi connectivity index (χ4v) is 3.06. The van der Waals surface area contributed by atoms with Crippen LogP contribution in [-0.2, 0) is 4.79 Å². The summed E-state index contributed by atoms with van der Waals surface area (Å²) in [7, 11) is 0. The summed E-state index contributed by atoms with van der Waals surface area (Å²) in [6.07, 6.45) is 0. The first kappa shape index (κ1) is 17.0. The molecule has 0 atom stereocenters. The number of hydrogen-bond donors (Lipinski definition) is 1. The Bertz CT molecular complexity index is 796. The molecule has 1 N–H and O–H groups in total. The molecule has 0 unspecified atom stereocenters. The zero-order chi connectivity index (χ0) is 17.0. The highest BCUT2D eigenvalue weighted by Crippen LogP contribution is 2.23.